The van der Waals surface area contributed by atoms with Gasteiger partial charge in [-0.3, -0.25) is 19.1 Å². The number of nitrogens with one attached hydrogen (secondary N) is 2. The molecule has 2 aromatic heterocycles. The number of hydrogen-bond acceptors (Lipinski definition) is 6. The molecule has 0 aliphatic rings. The fraction of sp³-hybridized carbons (Fsp3) is 0.167. The van der Waals surface area contributed by atoms with E-state index in [1.165, 1.54) is 10.6 Å². The van der Waals surface area contributed by atoms with Gasteiger partial charge < -0.3 is 14.8 Å². The number of anilines is 1. The maximum atomic E-state index is 12.9. The van der Waals surface area contributed by atoms with E-state index in [0.717, 1.165) is 5.56 Å². The van der Waals surface area contributed by atoms with Gasteiger partial charge in [0.05, 0.1) is 37.4 Å². The average Bonchev–Trinajstić information content (AvgIpc) is 2.82. The third-order valence-electron chi connectivity index (χ3n) is 5.25. The molecule has 0 radical (unpaired) electrons. The molecule has 0 saturated carbocycles. The molecule has 0 atom stereocenters. The summed E-state index contributed by atoms with van der Waals surface area (Å²) in [5.41, 5.74) is 1.04. The second-order valence-corrected chi connectivity index (χ2v) is 7.37. The molecular weight excluding hydrogens is 424 g/mol. The Morgan fingerprint density at radius 3 is 2.21 bits per heavy atom. The Kier molecular flexibility index (Phi) is 5.95. The van der Waals surface area contributed by atoms with E-state index >= 15 is 0 Å². The van der Waals surface area contributed by atoms with Crippen molar-refractivity contribution < 1.29 is 14.3 Å². The van der Waals surface area contributed by atoms with Crippen LogP contribution in [-0.4, -0.2) is 34.7 Å². The molecule has 4 rings (SSSR count). The maximum absolute atomic E-state index is 12.9. The first-order chi connectivity index (χ1) is 15.9. The Hall–Kier alpha value is -4.40. The summed E-state index contributed by atoms with van der Waals surface area (Å²) in [5, 5.41) is 2.93. The smallest absolute Gasteiger partial charge is 0.330 e. The molecule has 2 N–H and O–H groups in total. The largest absolute Gasteiger partial charge is 0.497 e. The summed E-state index contributed by atoms with van der Waals surface area (Å²) in [6, 6.07) is 15.5. The summed E-state index contributed by atoms with van der Waals surface area (Å²) in [6.45, 7) is 1.85. The monoisotopic (exact) mass is 446 g/mol. The van der Waals surface area contributed by atoms with Crippen molar-refractivity contribution in [2.45, 2.75) is 13.5 Å². The SMILES string of the molecule is COc1ccc(Cn2c(=O)[nH]c(=O)c3cc(C(=O)Nc4ccc(OC)cc4)c(C)nc32)cc1. The maximum Gasteiger partial charge on any atom is 0.330 e. The quantitative estimate of drug-likeness (QED) is 0.471. The fourth-order valence-corrected chi connectivity index (χ4v) is 3.46. The van der Waals surface area contributed by atoms with Crippen LogP contribution in [0.15, 0.2) is 64.2 Å². The highest BCUT2D eigenvalue weighted by molar-refractivity contribution is 6.06. The van der Waals surface area contributed by atoms with Crippen molar-refractivity contribution in [2.24, 2.45) is 0 Å². The van der Waals surface area contributed by atoms with Crippen molar-refractivity contribution in [3.63, 3.8) is 0 Å². The van der Waals surface area contributed by atoms with Gasteiger partial charge in [-0.2, -0.15) is 0 Å². The molecule has 0 spiro atoms. The number of nitrogens with zero attached hydrogens (tertiary/aromatic N) is 2. The first-order valence-corrected chi connectivity index (χ1v) is 10.1. The van der Waals surface area contributed by atoms with Crippen LogP contribution < -0.4 is 26.0 Å². The normalized spacial score (nSPS) is 10.8. The van der Waals surface area contributed by atoms with Gasteiger partial charge in [0.25, 0.3) is 11.5 Å². The third-order valence-corrected chi connectivity index (χ3v) is 5.25. The number of benzene rings is 2. The van der Waals surface area contributed by atoms with Crippen LogP contribution in [0, 0.1) is 6.92 Å². The molecular formula is C24H22N4O5. The number of carbonyl (C=O) groups excluding carboxylic acids is 1. The Morgan fingerprint density at radius 1 is 1.00 bits per heavy atom. The highest BCUT2D eigenvalue weighted by Gasteiger charge is 2.17. The fourth-order valence-electron chi connectivity index (χ4n) is 3.46. The number of carbonyl (C=O) groups is 1. The Labute approximate surface area is 188 Å². The van der Waals surface area contributed by atoms with Crippen molar-refractivity contribution in [2.75, 3.05) is 19.5 Å². The molecule has 2 aromatic carbocycles. The molecule has 33 heavy (non-hydrogen) atoms. The molecule has 2 heterocycles. The van der Waals surface area contributed by atoms with Crippen LogP contribution in [0.2, 0.25) is 0 Å². The second kappa shape index (κ2) is 8.99. The molecule has 0 fully saturated rings. The van der Waals surface area contributed by atoms with Crippen LogP contribution in [0.1, 0.15) is 21.6 Å². The predicted molar refractivity (Wildman–Crippen MR) is 124 cm³/mol. The molecule has 4 aromatic rings. The van der Waals surface area contributed by atoms with Crippen molar-refractivity contribution in [1.82, 2.24) is 14.5 Å². The summed E-state index contributed by atoms with van der Waals surface area (Å²) < 4.78 is 11.7. The lowest BCUT2D eigenvalue weighted by atomic mass is 10.1. The lowest BCUT2D eigenvalue weighted by Crippen LogP contribution is -2.32. The van der Waals surface area contributed by atoms with Crippen LogP contribution in [0.3, 0.4) is 0 Å². The number of aromatic amines is 1. The number of pyridine rings is 1. The van der Waals surface area contributed by atoms with Crippen molar-refractivity contribution in [3.05, 3.63) is 92.3 Å². The van der Waals surface area contributed by atoms with E-state index in [0.29, 0.717) is 22.9 Å². The molecule has 1 amide bonds. The van der Waals surface area contributed by atoms with E-state index in [4.69, 9.17) is 9.47 Å². The van der Waals surface area contributed by atoms with Gasteiger partial charge in [-0.1, -0.05) is 12.1 Å². The molecule has 0 unspecified atom stereocenters. The lowest BCUT2D eigenvalue weighted by Gasteiger charge is -2.13. The highest BCUT2D eigenvalue weighted by Crippen LogP contribution is 2.19. The first kappa shape index (κ1) is 21.8. The van der Waals surface area contributed by atoms with Crippen LogP contribution in [-0.2, 0) is 6.54 Å². The van der Waals surface area contributed by atoms with E-state index in [2.05, 4.69) is 15.3 Å². The minimum absolute atomic E-state index is 0.147. The van der Waals surface area contributed by atoms with Crippen molar-refractivity contribution >= 4 is 22.6 Å². The second-order valence-electron chi connectivity index (χ2n) is 7.37. The van der Waals surface area contributed by atoms with Gasteiger partial charge in [-0.05, 0) is 55.0 Å². The summed E-state index contributed by atoms with van der Waals surface area (Å²) >= 11 is 0. The van der Waals surface area contributed by atoms with Gasteiger partial charge in [0.1, 0.15) is 17.1 Å². The van der Waals surface area contributed by atoms with E-state index in [1.807, 2.05) is 12.1 Å². The molecule has 0 saturated heterocycles. The standard InChI is InChI=1S/C24H22N4O5/c1-14-19(22(29)26-16-6-10-18(33-3)11-7-16)12-20-21(25-14)28(24(31)27-23(20)30)13-15-4-8-17(32-2)9-5-15/h4-12H,13H2,1-3H3,(H,26,29)(H,27,30,31). The summed E-state index contributed by atoms with van der Waals surface area (Å²) in [5.74, 6) is 0.941. The van der Waals surface area contributed by atoms with Crippen LogP contribution in [0.25, 0.3) is 11.0 Å². The average molecular weight is 446 g/mol. The van der Waals surface area contributed by atoms with Crippen LogP contribution >= 0.6 is 0 Å². The van der Waals surface area contributed by atoms with Crippen LogP contribution in [0.4, 0.5) is 5.69 Å². The zero-order valence-electron chi connectivity index (χ0n) is 18.3. The lowest BCUT2D eigenvalue weighted by molar-refractivity contribution is 0.102. The Morgan fingerprint density at radius 2 is 1.61 bits per heavy atom. The minimum Gasteiger partial charge on any atom is -0.497 e. The van der Waals surface area contributed by atoms with Crippen molar-refractivity contribution in [3.8, 4) is 11.5 Å². The van der Waals surface area contributed by atoms with E-state index in [1.54, 1.807) is 57.5 Å². The highest BCUT2D eigenvalue weighted by atomic mass is 16.5. The van der Waals surface area contributed by atoms with E-state index < -0.39 is 17.2 Å². The number of rotatable bonds is 6. The van der Waals surface area contributed by atoms with E-state index in [9.17, 15) is 14.4 Å². The number of aromatic nitrogens is 3. The molecule has 9 heteroatoms. The first-order valence-electron chi connectivity index (χ1n) is 10.1. The molecule has 0 bridgehead atoms. The Balaban J connectivity index is 1.72. The topological polar surface area (TPSA) is 115 Å². The summed E-state index contributed by atoms with van der Waals surface area (Å²) in [6.07, 6.45) is 0. The number of fused-ring (bicyclic) bond motifs is 1. The number of amides is 1. The van der Waals surface area contributed by atoms with Gasteiger partial charge in [0.2, 0.25) is 0 Å². The number of methoxy groups -OCH3 is 2. The summed E-state index contributed by atoms with van der Waals surface area (Å²) in [4.78, 5) is 44.7. The van der Waals surface area contributed by atoms with Gasteiger partial charge in [0.15, 0.2) is 0 Å². The third kappa shape index (κ3) is 4.47. The zero-order chi connectivity index (χ0) is 23.5. The zero-order valence-corrected chi connectivity index (χ0v) is 18.3. The predicted octanol–water partition coefficient (Wildman–Crippen LogP) is 2.71. The van der Waals surface area contributed by atoms with Crippen molar-refractivity contribution in [1.29, 1.82) is 0 Å². The van der Waals surface area contributed by atoms with Gasteiger partial charge in [0, 0.05) is 5.69 Å². The van der Waals surface area contributed by atoms with Gasteiger partial charge >= 0.3 is 5.69 Å². The Bertz CT molecular complexity index is 1440. The minimum atomic E-state index is -0.605. The molecule has 168 valence electrons. The number of aryl methyl sites for hydroxylation is 1. The number of H-pyrrole nitrogens is 1. The molecule has 9 nitrogen and oxygen atoms in total. The number of ether oxygens (including phenoxy) is 2. The molecule has 0 aliphatic carbocycles. The molecule has 0 aliphatic heterocycles. The van der Waals surface area contributed by atoms with Crippen LogP contribution in [0.5, 0.6) is 11.5 Å². The van der Waals surface area contributed by atoms with E-state index in [-0.39, 0.29) is 23.1 Å². The number of hydrogen-bond donors (Lipinski definition) is 2. The van der Waals surface area contributed by atoms with Gasteiger partial charge in [-0.25, -0.2) is 9.78 Å². The van der Waals surface area contributed by atoms with Gasteiger partial charge in [-0.15, -0.1) is 0 Å². The summed E-state index contributed by atoms with van der Waals surface area (Å²) in [7, 11) is 3.13.